The fourth-order valence-corrected chi connectivity index (χ4v) is 2.97. The van der Waals surface area contributed by atoms with E-state index in [0.29, 0.717) is 43.6 Å². The zero-order valence-electron chi connectivity index (χ0n) is 15.5. The summed E-state index contributed by atoms with van der Waals surface area (Å²) < 4.78 is 6.58. The lowest BCUT2D eigenvalue weighted by molar-refractivity contribution is -0.116. The highest BCUT2D eigenvalue weighted by Crippen LogP contribution is 2.12. The molecule has 9 nitrogen and oxygen atoms in total. The van der Waals surface area contributed by atoms with Crippen molar-refractivity contribution in [2.45, 2.75) is 13.5 Å². The van der Waals surface area contributed by atoms with Crippen LogP contribution in [0.5, 0.6) is 0 Å². The van der Waals surface area contributed by atoms with Crippen LogP contribution in [0.1, 0.15) is 5.56 Å². The number of nitrogens with one attached hydrogen (secondary N) is 1. The summed E-state index contributed by atoms with van der Waals surface area (Å²) in [6.07, 6.45) is 2.81. The minimum atomic E-state index is -0.349. The van der Waals surface area contributed by atoms with Gasteiger partial charge in [-0.05, 0) is 19.1 Å². The number of amides is 1. The standard InChI is InChI=1S/C19H20N6O3/c1-13-2-4-14(5-3-13)22-16(26)11-25-12-21-17-15(18(25)27)10-20-19(23-17)24-6-8-28-9-7-24/h2-5,10,12H,6-9,11H2,1H3,(H,22,26). The van der Waals surface area contributed by atoms with Crippen molar-refractivity contribution in [3.8, 4) is 0 Å². The predicted molar refractivity (Wildman–Crippen MR) is 104 cm³/mol. The van der Waals surface area contributed by atoms with Gasteiger partial charge in [-0.1, -0.05) is 17.7 Å². The Hall–Kier alpha value is -3.33. The number of hydrogen-bond donors (Lipinski definition) is 1. The summed E-state index contributed by atoms with van der Waals surface area (Å²) in [6.45, 7) is 4.46. The molecule has 144 valence electrons. The Bertz CT molecular complexity index is 1060. The molecule has 0 radical (unpaired) electrons. The fraction of sp³-hybridized carbons (Fsp3) is 0.316. The molecular weight excluding hydrogens is 360 g/mol. The number of aryl methyl sites for hydroxylation is 1. The van der Waals surface area contributed by atoms with Gasteiger partial charge in [0.1, 0.15) is 18.3 Å². The molecule has 1 aliphatic rings. The molecular formula is C19H20N6O3. The van der Waals surface area contributed by atoms with E-state index in [9.17, 15) is 9.59 Å². The van der Waals surface area contributed by atoms with Crippen molar-refractivity contribution in [3.05, 3.63) is 52.7 Å². The number of fused-ring (bicyclic) bond motifs is 1. The van der Waals surface area contributed by atoms with E-state index in [4.69, 9.17) is 4.74 Å². The Balaban J connectivity index is 1.53. The molecule has 0 unspecified atom stereocenters. The molecule has 3 aromatic rings. The molecule has 2 aromatic heterocycles. The van der Waals surface area contributed by atoms with Crippen LogP contribution in [0.4, 0.5) is 11.6 Å². The molecule has 1 saturated heterocycles. The average Bonchev–Trinajstić information content (AvgIpc) is 2.72. The van der Waals surface area contributed by atoms with Crippen molar-refractivity contribution >= 4 is 28.6 Å². The van der Waals surface area contributed by atoms with E-state index in [0.717, 1.165) is 5.56 Å². The molecule has 0 bridgehead atoms. The van der Waals surface area contributed by atoms with Crippen molar-refractivity contribution in [1.29, 1.82) is 0 Å². The minimum Gasteiger partial charge on any atom is -0.378 e. The molecule has 4 rings (SSSR count). The summed E-state index contributed by atoms with van der Waals surface area (Å²) in [5.41, 5.74) is 1.74. The lowest BCUT2D eigenvalue weighted by Gasteiger charge is -2.26. The van der Waals surface area contributed by atoms with Gasteiger partial charge in [0.2, 0.25) is 11.9 Å². The van der Waals surface area contributed by atoms with Gasteiger partial charge in [0.25, 0.3) is 5.56 Å². The van der Waals surface area contributed by atoms with Gasteiger partial charge in [0.15, 0.2) is 5.65 Å². The monoisotopic (exact) mass is 380 g/mol. The van der Waals surface area contributed by atoms with Crippen molar-refractivity contribution in [2.75, 3.05) is 36.5 Å². The second-order valence-electron chi connectivity index (χ2n) is 6.60. The lowest BCUT2D eigenvalue weighted by atomic mass is 10.2. The van der Waals surface area contributed by atoms with Gasteiger partial charge in [-0.15, -0.1) is 0 Å². The van der Waals surface area contributed by atoms with E-state index in [-0.39, 0.29) is 23.4 Å². The summed E-state index contributed by atoms with van der Waals surface area (Å²) in [5, 5.41) is 3.05. The van der Waals surface area contributed by atoms with Gasteiger partial charge < -0.3 is 15.0 Å². The largest absolute Gasteiger partial charge is 0.378 e. The highest BCUT2D eigenvalue weighted by Gasteiger charge is 2.16. The van der Waals surface area contributed by atoms with E-state index < -0.39 is 0 Å². The third kappa shape index (κ3) is 3.84. The zero-order valence-corrected chi connectivity index (χ0v) is 15.5. The van der Waals surface area contributed by atoms with Crippen LogP contribution < -0.4 is 15.8 Å². The SMILES string of the molecule is Cc1ccc(NC(=O)Cn2cnc3nc(N4CCOCC4)ncc3c2=O)cc1. The van der Waals surface area contributed by atoms with Crippen LogP contribution in [-0.2, 0) is 16.1 Å². The van der Waals surface area contributed by atoms with Gasteiger partial charge in [0, 0.05) is 25.0 Å². The van der Waals surface area contributed by atoms with Crippen molar-refractivity contribution in [2.24, 2.45) is 0 Å². The molecule has 0 saturated carbocycles. The van der Waals surface area contributed by atoms with Crippen LogP contribution in [0.15, 0.2) is 41.6 Å². The van der Waals surface area contributed by atoms with Crippen LogP contribution in [0.2, 0.25) is 0 Å². The minimum absolute atomic E-state index is 0.138. The molecule has 1 aliphatic heterocycles. The number of benzene rings is 1. The Morgan fingerprint density at radius 1 is 1.18 bits per heavy atom. The number of morpholine rings is 1. The number of rotatable bonds is 4. The van der Waals surface area contributed by atoms with Crippen LogP contribution in [0, 0.1) is 6.92 Å². The molecule has 0 spiro atoms. The van der Waals surface area contributed by atoms with Crippen molar-refractivity contribution < 1.29 is 9.53 Å². The first-order valence-electron chi connectivity index (χ1n) is 9.01. The van der Waals surface area contributed by atoms with E-state index in [1.807, 2.05) is 36.1 Å². The van der Waals surface area contributed by atoms with E-state index >= 15 is 0 Å². The number of hydrogen-bond acceptors (Lipinski definition) is 7. The molecule has 1 amide bonds. The third-order valence-corrected chi connectivity index (χ3v) is 4.51. The number of carbonyl (C=O) groups excluding carboxylic acids is 1. The van der Waals surface area contributed by atoms with Gasteiger partial charge >= 0.3 is 0 Å². The van der Waals surface area contributed by atoms with Gasteiger partial charge in [0.05, 0.1) is 13.2 Å². The van der Waals surface area contributed by atoms with Crippen molar-refractivity contribution in [3.63, 3.8) is 0 Å². The molecule has 9 heteroatoms. The smallest absolute Gasteiger partial charge is 0.264 e. The Kier molecular flexibility index (Phi) is 4.98. The zero-order chi connectivity index (χ0) is 19.5. The summed E-state index contributed by atoms with van der Waals surface area (Å²) in [6, 6.07) is 7.44. The van der Waals surface area contributed by atoms with Crippen molar-refractivity contribution in [1.82, 2.24) is 19.5 Å². The first-order valence-corrected chi connectivity index (χ1v) is 9.01. The fourth-order valence-electron chi connectivity index (χ4n) is 2.97. The lowest BCUT2D eigenvalue weighted by Crippen LogP contribution is -2.37. The number of ether oxygens (including phenoxy) is 1. The van der Waals surface area contributed by atoms with Gasteiger partial charge in [-0.25, -0.2) is 9.97 Å². The summed E-state index contributed by atoms with van der Waals surface area (Å²) in [7, 11) is 0. The number of nitrogens with zero attached hydrogens (tertiary/aromatic N) is 5. The van der Waals surface area contributed by atoms with E-state index in [1.54, 1.807) is 0 Å². The molecule has 3 heterocycles. The number of anilines is 2. The number of aromatic nitrogens is 4. The Morgan fingerprint density at radius 3 is 2.68 bits per heavy atom. The predicted octanol–water partition coefficient (Wildman–Crippen LogP) is 0.970. The average molecular weight is 380 g/mol. The maximum absolute atomic E-state index is 12.7. The summed E-state index contributed by atoms with van der Waals surface area (Å²) in [4.78, 5) is 39.9. The second kappa shape index (κ2) is 7.73. The summed E-state index contributed by atoms with van der Waals surface area (Å²) >= 11 is 0. The number of carbonyl (C=O) groups is 1. The normalized spacial score (nSPS) is 14.2. The topological polar surface area (TPSA) is 102 Å². The van der Waals surface area contributed by atoms with Gasteiger partial charge in [-0.2, -0.15) is 4.98 Å². The Labute approximate surface area is 161 Å². The highest BCUT2D eigenvalue weighted by molar-refractivity contribution is 5.90. The summed E-state index contributed by atoms with van der Waals surface area (Å²) in [5.74, 6) is 0.218. The van der Waals surface area contributed by atoms with Crippen LogP contribution >= 0.6 is 0 Å². The highest BCUT2D eigenvalue weighted by atomic mass is 16.5. The molecule has 1 fully saturated rings. The first kappa shape index (κ1) is 18.1. The maximum atomic E-state index is 12.7. The quantitative estimate of drug-likeness (QED) is 0.719. The molecule has 1 N–H and O–H groups in total. The second-order valence-corrected chi connectivity index (χ2v) is 6.60. The van der Waals surface area contributed by atoms with Crippen LogP contribution in [-0.4, -0.2) is 51.7 Å². The van der Waals surface area contributed by atoms with E-state index in [2.05, 4.69) is 20.3 Å². The Morgan fingerprint density at radius 2 is 1.93 bits per heavy atom. The van der Waals surface area contributed by atoms with Gasteiger partial charge in [-0.3, -0.25) is 14.2 Å². The first-order chi connectivity index (χ1) is 13.6. The molecule has 0 atom stereocenters. The van der Waals surface area contributed by atoms with Crippen LogP contribution in [0.3, 0.4) is 0 Å². The molecule has 1 aromatic carbocycles. The molecule has 28 heavy (non-hydrogen) atoms. The van der Waals surface area contributed by atoms with Crippen LogP contribution in [0.25, 0.3) is 11.0 Å². The molecule has 0 aliphatic carbocycles. The third-order valence-electron chi connectivity index (χ3n) is 4.51. The maximum Gasteiger partial charge on any atom is 0.264 e. The van der Waals surface area contributed by atoms with E-state index in [1.165, 1.54) is 17.1 Å².